The number of primary amides is 1. The number of H-pyrrole nitrogens is 1. The summed E-state index contributed by atoms with van der Waals surface area (Å²) in [7, 11) is 0. The lowest BCUT2D eigenvalue weighted by molar-refractivity contribution is -0.140. The summed E-state index contributed by atoms with van der Waals surface area (Å²) < 4.78 is 45.5. The van der Waals surface area contributed by atoms with E-state index in [1.54, 1.807) is 17.1 Å². The predicted molar refractivity (Wildman–Crippen MR) is 92.1 cm³/mol. The molecule has 0 spiro atoms. The van der Waals surface area contributed by atoms with Crippen LogP contribution in [0.1, 0.15) is 21.6 Å². The van der Waals surface area contributed by atoms with Crippen molar-refractivity contribution in [3.63, 3.8) is 0 Å². The molecule has 1 fully saturated rings. The lowest BCUT2D eigenvalue weighted by atomic mass is 9.99. The number of hydrogen-bond donors (Lipinski definition) is 2. The number of nitrogens with zero attached hydrogens (tertiary/aromatic N) is 1. The fourth-order valence-corrected chi connectivity index (χ4v) is 3.02. The summed E-state index contributed by atoms with van der Waals surface area (Å²) >= 11 is 0. The molecule has 0 saturated carbocycles. The van der Waals surface area contributed by atoms with E-state index < -0.39 is 28.9 Å². The van der Waals surface area contributed by atoms with Crippen molar-refractivity contribution in [2.75, 3.05) is 26.3 Å². The SMILES string of the molecule is NC(=O)c1cc(-c2cccc(CN3CCOCC3)c2)c(C(F)(F)F)[nH]c1=O. The number of ether oxygens (including phenoxy) is 1. The number of amides is 1. The molecule has 3 N–H and O–H groups in total. The molecule has 27 heavy (non-hydrogen) atoms. The van der Waals surface area contributed by atoms with Gasteiger partial charge in [0.15, 0.2) is 0 Å². The molecule has 2 heterocycles. The molecule has 2 aromatic rings. The van der Waals surface area contributed by atoms with Gasteiger partial charge in [0.05, 0.1) is 13.2 Å². The Morgan fingerprint density at radius 1 is 1.22 bits per heavy atom. The third kappa shape index (κ3) is 4.37. The number of benzene rings is 1. The van der Waals surface area contributed by atoms with Gasteiger partial charge in [-0.3, -0.25) is 14.5 Å². The Kier molecular flexibility index (Phi) is 5.33. The van der Waals surface area contributed by atoms with Gasteiger partial charge in [-0.1, -0.05) is 18.2 Å². The number of pyridine rings is 1. The third-order valence-electron chi connectivity index (χ3n) is 4.34. The predicted octanol–water partition coefficient (Wildman–Crippen LogP) is 1.99. The molecular formula is C18H18F3N3O3. The normalized spacial score (nSPS) is 15.7. The zero-order chi connectivity index (χ0) is 19.6. The van der Waals surface area contributed by atoms with Crippen molar-refractivity contribution in [2.45, 2.75) is 12.7 Å². The van der Waals surface area contributed by atoms with Crippen LogP contribution in [0.5, 0.6) is 0 Å². The highest BCUT2D eigenvalue weighted by atomic mass is 19.4. The second-order valence-corrected chi connectivity index (χ2v) is 6.25. The first-order chi connectivity index (χ1) is 12.8. The van der Waals surface area contributed by atoms with Crippen LogP contribution in [0.15, 0.2) is 35.1 Å². The molecule has 1 aromatic carbocycles. The number of carbonyl (C=O) groups is 1. The fraction of sp³-hybridized carbons (Fsp3) is 0.333. The molecule has 3 rings (SSSR count). The highest BCUT2D eigenvalue weighted by Gasteiger charge is 2.36. The van der Waals surface area contributed by atoms with Crippen LogP contribution in [0.4, 0.5) is 13.2 Å². The lowest BCUT2D eigenvalue weighted by Crippen LogP contribution is -2.35. The van der Waals surface area contributed by atoms with Gasteiger partial charge >= 0.3 is 6.18 Å². The lowest BCUT2D eigenvalue weighted by Gasteiger charge is -2.26. The number of aromatic amines is 1. The summed E-state index contributed by atoms with van der Waals surface area (Å²) in [4.78, 5) is 27.1. The van der Waals surface area contributed by atoms with E-state index in [2.05, 4.69) is 4.90 Å². The van der Waals surface area contributed by atoms with E-state index in [1.807, 2.05) is 6.07 Å². The number of morpholine rings is 1. The van der Waals surface area contributed by atoms with E-state index in [0.29, 0.717) is 19.8 Å². The van der Waals surface area contributed by atoms with Crippen LogP contribution in [0.25, 0.3) is 11.1 Å². The first kappa shape index (κ1) is 19.1. The molecule has 0 bridgehead atoms. The smallest absolute Gasteiger partial charge is 0.379 e. The molecule has 1 saturated heterocycles. The van der Waals surface area contributed by atoms with E-state index in [1.165, 1.54) is 6.07 Å². The van der Waals surface area contributed by atoms with Crippen LogP contribution in [-0.4, -0.2) is 42.1 Å². The molecular weight excluding hydrogens is 363 g/mol. The second kappa shape index (κ2) is 7.53. The summed E-state index contributed by atoms with van der Waals surface area (Å²) in [5.41, 5.74) is 2.99. The monoisotopic (exact) mass is 381 g/mol. The van der Waals surface area contributed by atoms with Crippen LogP contribution in [0.2, 0.25) is 0 Å². The summed E-state index contributed by atoms with van der Waals surface area (Å²) in [5, 5.41) is 0. The van der Waals surface area contributed by atoms with Crippen molar-refractivity contribution < 1.29 is 22.7 Å². The van der Waals surface area contributed by atoms with Gasteiger partial charge in [0.1, 0.15) is 11.3 Å². The molecule has 1 amide bonds. The molecule has 1 aliphatic rings. The number of halogens is 3. The molecule has 1 aliphatic heterocycles. The Morgan fingerprint density at radius 2 is 1.93 bits per heavy atom. The molecule has 0 unspecified atom stereocenters. The van der Waals surface area contributed by atoms with Crippen molar-refractivity contribution in [2.24, 2.45) is 5.73 Å². The van der Waals surface area contributed by atoms with Crippen molar-refractivity contribution in [1.82, 2.24) is 9.88 Å². The number of aromatic nitrogens is 1. The maximum Gasteiger partial charge on any atom is 0.431 e. The van der Waals surface area contributed by atoms with E-state index in [0.717, 1.165) is 24.7 Å². The second-order valence-electron chi connectivity index (χ2n) is 6.25. The van der Waals surface area contributed by atoms with Gasteiger partial charge in [0.25, 0.3) is 11.5 Å². The number of hydrogen-bond acceptors (Lipinski definition) is 4. The minimum Gasteiger partial charge on any atom is -0.379 e. The van der Waals surface area contributed by atoms with Gasteiger partial charge in [-0.2, -0.15) is 13.2 Å². The number of nitrogens with two attached hydrogens (primary N) is 1. The molecule has 1 aromatic heterocycles. The molecule has 144 valence electrons. The molecule has 0 radical (unpaired) electrons. The van der Waals surface area contributed by atoms with E-state index in [4.69, 9.17) is 10.5 Å². The Bertz CT molecular complexity index is 903. The Hall–Kier alpha value is -2.65. The average Bonchev–Trinajstić information content (AvgIpc) is 2.61. The zero-order valence-electron chi connectivity index (χ0n) is 14.3. The van der Waals surface area contributed by atoms with Crippen LogP contribution < -0.4 is 11.3 Å². The van der Waals surface area contributed by atoms with Crippen LogP contribution in [-0.2, 0) is 17.5 Å². The number of nitrogens with one attached hydrogen (secondary N) is 1. The largest absolute Gasteiger partial charge is 0.431 e. The zero-order valence-corrected chi connectivity index (χ0v) is 14.3. The first-order valence-electron chi connectivity index (χ1n) is 8.29. The van der Waals surface area contributed by atoms with E-state index in [9.17, 15) is 22.8 Å². The number of alkyl halides is 3. The minimum atomic E-state index is -4.79. The standard InChI is InChI=1S/C18H18F3N3O3/c19-18(20,21)15-13(9-14(16(22)25)17(26)23-15)12-3-1-2-11(8-12)10-24-4-6-27-7-5-24/h1-3,8-9H,4-7,10H2,(H2,22,25)(H,23,26). The number of rotatable bonds is 4. The molecule has 0 atom stereocenters. The van der Waals surface area contributed by atoms with Gasteiger partial charge in [0.2, 0.25) is 0 Å². The number of carbonyl (C=O) groups excluding carboxylic acids is 1. The van der Waals surface area contributed by atoms with Crippen molar-refractivity contribution >= 4 is 5.91 Å². The van der Waals surface area contributed by atoms with Gasteiger partial charge in [-0.05, 0) is 23.3 Å². The summed E-state index contributed by atoms with van der Waals surface area (Å²) in [6, 6.07) is 7.46. The Morgan fingerprint density at radius 3 is 2.56 bits per heavy atom. The Balaban J connectivity index is 2.04. The van der Waals surface area contributed by atoms with Crippen LogP contribution in [0, 0.1) is 0 Å². The highest BCUT2D eigenvalue weighted by Crippen LogP contribution is 2.35. The van der Waals surface area contributed by atoms with Crippen LogP contribution in [0.3, 0.4) is 0 Å². The highest BCUT2D eigenvalue weighted by molar-refractivity contribution is 5.94. The topological polar surface area (TPSA) is 88.4 Å². The van der Waals surface area contributed by atoms with Crippen molar-refractivity contribution in [3.05, 3.63) is 57.5 Å². The first-order valence-corrected chi connectivity index (χ1v) is 8.29. The molecule has 0 aliphatic carbocycles. The maximum atomic E-state index is 13.4. The molecule has 9 heteroatoms. The third-order valence-corrected chi connectivity index (χ3v) is 4.34. The average molecular weight is 381 g/mol. The minimum absolute atomic E-state index is 0.242. The summed E-state index contributed by atoms with van der Waals surface area (Å²) in [6.07, 6.45) is -4.79. The van der Waals surface area contributed by atoms with Crippen molar-refractivity contribution in [1.29, 1.82) is 0 Å². The maximum absolute atomic E-state index is 13.4. The van der Waals surface area contributed by atoms with Crippen molar-refractivity contribution in [3.8, 4) is 11.1 Å². The van der Waals surface area contributed by atoms with Gasteiger partial charge in [-0.25, -0.2) is 0 Å². The van der Waals surface area contributed by atoms with E-state index >= 15 is 0 Å². The van der Waals surface area contributed by atoms with Gasteiger partial charge < -0.3 is 15.5 Å². The summed E-state index contributed by atoms with van der Waals surface area (Å²) in [6.45, 7) is 3.26. The van der Waals surface area contributed by atoms with E-state index in [-0.39, 0.29) is 11.1 Å². The summed E-state index contributed by atoms with van der Waals surface area (Å²) in [5.74, 6) is -1.09. The van der Waals surface area contributed by atoms with Gasteiger partial charge in [-0.15, -0.1) is 0 Å². The molecule has 6 nitrogen and oxygen atoms in total. The quantitative estimate of drug-likeness (QED) is 0.848. The Labute approximate surface area is 152 Å². The van der Waals surface area contributed by atoms with Crippen LogP contribution >= 0.6 is 0 Å². The van der Waals surface area contributed by atoms with Gasteiger partial charge in [0, 0.05) is 25.2 Å². The fourth-order valence-electron chi connectivity index (χ4n) is 3.02.